The van der Waals surface area contributed by atoms with Crippen molar-refractivity contribution in [3.8, 4) is 6.07 Å². The molecule has 18 heavy (non-hydrogen) atoms. The quantitative estimate of drug-likeness (QED) is 0.927. The average Bonchev–Trinajstić information content (AvgIpc) is 2.40. The van der Waals surface area contributed by atoms with Crippen molar-refractivity contribution in [1.29, 1.82) is 5.26 Å². The summed E-state index contributed by atoms with van der Waals surface area (Å²) in [5, 5.41) is 11.3. The Labute approximate surface area is 112 Å². The lowest BCUT2D eigenvalue weighted by Gasteiger charge is -2.05. The standard InChI is InChI=1S/C13H8BrN3O/c14-11-4-2-1-3-10(11)13(18)17-12-6-5-9(7-15)8-16-12/h1-6,8H,(H,16,17,18). The Balaban J connectivity index is 2.17. The molecule has 0 saturated carbocycles. The van der Waals surface area contributed by atoms with Crippen LogP contribution in [0.25, 0.3) is 0 Å². The van der Waals surface area contributed by atoms with Crippen molar-refractivity contribution < 1.29 is 4.79 Å². The summed E-state index contributed by atoms with van der Waals surface area (Å²) in [6.07, 6.45) is 1.41. The maximum absolute atomic E-state index is 11.9. The number of pyridine rings is 1. The Bertz CT molecular complexity index is 617. The minimum atomic E-state index is -0.250. The van der Waals surface area contributed by atoms with Crippen LogP contribution in [0, 0.1) is 11.3 Å². The van der Waals surface area contributed by atoms with E-state index in [4.69, 9.17) is 5.26 Å². The van der Waals surface area contributed by atoms with Crippen molar-refractivity contribution >= 4 is 27.7 Å². The van der Waals surface area contributed by atoms with Gasteiger partial charge in [-0.1, -0.05) is 12.1 Å². The molecule has 0 atom stereocenters. The van der Waals surface area contributed by atoms with E-state index >= 15 is 0 Å². The molecule has 1 aromatic heterocycles. The van der Waals surface area contributed by atoms with Crippen molar-refractivity contribution in [2.24, 2.45) is 0 Å². The topological polar surface area (TPSA) is 65.8 Å². The summed E-state index contributed by atoms with van der Waals surface area (Å²) in [7, 11) is 0. The van der Waals surface area contributed by atoms with Crippen LogP contribution < -0.4 is 5.32 Å². The number of nitrogens with one attached hydrogen (secondary N) is 1. The summed E-state index contributed by atoms with van der Waals surface area (Å²) in [5.74, 6) is 0.162. The molecule has 1 amide bonds. The van der Waals surface area contributed by atoms with Gasteiger partial charge in [0.15, 0.2) is 0 Å². The number of aromatic nitrogens is 1. The van der Waals surface area contributed by atoms with Crippen molar-refractivity contribution in [1.82, 2.24) is 4.98 Å². The lowest BCUT2D eigenvalue weighted by Crippen LogP contribution is -2.13. The van der Waals surface area contributed by atoms with Gasteiger partial charge in [-0.25, -0.2) is 4.98 Å². The molecule has 5 heteroatoms. The number of carbonyl (C=O) groups is 1. The van der Waals surface area contributed by atoms with Crippen molar-refractivity contribution in [2.45, 2.75) is 0 Å². The summed E-state index contributed by atoms with van der Waals surface area (Å²) in [4.78, 5) is 15.9. The second-order valence-corrected chi connectivity index (χ2v) is 4.33. The lowest BCUT2D eigenvalue weighted by atomic mass is 10.2. The molecule has 2 aromatic rings. The predicted octanol–water partition coefficient (Wildman–Crippen LogP) is 2.97. The molecule has 1 heterocycles. The number of nitrogens with zero attached hydrogens (tertiary/aromatic N) is 2. The number of benzene rings is 1. The monoisotopic (exact) mass is 301 g/mol. The Morgan fingerprint density at radius 1 is 1.28 bits per heavy atom. The molecule has 0 spiro atoms. The van der Waals surface area contributed by atoms with E-state index in [0.717, 1.165) is 4.47 Å². The van der Waals surface area contributed by atoms with E-state index in [-0.39, 0.29) is 5.91 Å². The molecule has 1 aromatic carbocycles. The Hall–Kier alpha value is -2.19. The third kappa shape index (κ3) is 2.73. The predicted molar refractivity (Wildman–Crippen MR) is 71.0 cm³/mol. The summed E-state index contributed by atoms with van der Waals surface area (Å²) < 4.78 is 0.719. The molecular weight excluding hydrogens is 294 g/mol. The molecule has 88 valence electrons. The molecular formula is C13H8BrN3O. The second kappa shape index (κ2) is 5.43. The fraction of sp³-hybridized carbons (Fsp3) is 0. The molecule has 1 N–H and O–H groups in total. The van der Waals surface area contributed by atoms with Gasteiger partial charge in [0.1, 0.15) is 11.9 Å². The van der Waals surface area contributed by atoms with Crippen molar-refractivity contribution in [3.63, 3.8) is 0 Å². The molecule has 2 rings (SSSR count). The third-order valence-electron chi connectivity index (χ3n) is 2.25. The van der Waals surface area contributed by atoms with E-state index in [1.807, 2.05) is 12.1 Å². The molecule has 4 nitrogen and oxygen atoms in total. The van der Waals surface area contributed by atoms with E-state index in [0.29, 0.717) is 16.9 Å². The van der Waals surface area contributed by atoms with Crippen LogP contribution in [0.2, 0.25) is 0 Å². The molecule has 0 bridgehead atoms. The average molecular weight is 302 g/mol. The molecule has 0 saturated heterocycles. The number of rotatable bonds is 2. The Kier molecular flexibility index (Phi) is 3.70. The first-order valence-corrected chi connectivity index (χ1v) is 5.92. The van der Waals surface area contributed by atoms with Crippen LogP contribution in [-0.4, -0.2) is 10.9 Å². The minimum Gasteiger partial charge on any atom is -0.307 e. The van der Waals surface area contributed by atoms with Gasteiger partial charge in [0.25, 0.3) is 5.91 Å². The van der Waals surface area contributed by atoms with Crippen LogP contribution in [0.1, 0.15) is 15.9 Å². The number of halogens is 1. The zero-order chi connectivity index (χ0) is 13.0. The van der Waals surface area contributed by atoms with E-state index in [1.165, 1.54) is 6.20 Å². The SMILES string of the molecule is N#Cc1ccc(NC(=O)c2ccccc2Br)nc1. The maximum Gasteiger partial charge on any atom is 0.257 e. The highest BCUT2D eigenvalue weighted by Gasteiger charge is 2.09. The number of anilines is 1. The normalized spacial score (nSPS) is 9.56. The van der Waals surface area contributed by atoms with E-state index in [9.17, 15) is 4.79 Å². The lowest BCUT2D eigenvalue weighted by molar-refractivity contribution is 0.102. The van der Waals surface area contributed by atoms with Crippen LogP contribution in [0.15, 0.2) is 47.1 Å². The van der Waals surface area contributed by atoms with E-state index in [2.05, 4.69) is 26.2 Å². The van der Waals surface area contributed by atoms with Gasteiger partial charge in [0, 0.05) is 10.7 Å². The molecule has 0 fully saturated rings. The first kappa shape index (κ1) is 12.3. The highest BCUT2D eigenvalue weighted by molar-refractivity contribution is 9.10. The first-order valence-electron chi connectivity index (χ1n) is 5.13. The smallest absolute Gasteiger partial charge is 0.257 e. The molecule has 0 aliphatic rings. The largest absolute Gasteiger partial charge is 0.307 e. The van der Waals surface area contributed by atoms with E-state index in [1.54, 1.807) is 30.3 Å². The number of nitriles is 1. The highest BCUT2D eigenvalue weighted by Crippen LogP contribution is 2.17. The molecule has 0 radical (unpaired) electrons. The number of hydrogen-bond donors (Lipinski definition) is 1. The van der Waals surface area contributed by atoms with Gasteiger partial charge < -0.3 is 5.32 Å². The number of carbonyl (C=O) groups excluding carboxylic acids is 1. The van der Waals surface area contributed by atoms with Crippen LogP contribution in [0.3, 0.4) is 0 Å². The van der Waals surface area contributed by atoms with Gasteiger partial charge in [-0.05, 0) is 40.2 Å². The minimum absolute atomic E-state index is 0.250. The van der Waals surface area contributed by atoms with Gasteiger partial charge in [-0.3, -0.25) is 4.79 Å². The van der Waals surface area contributed by atoms with Crippen molar-refractivity contribution in [3.05, 3.63) is 58.2 Å². The van der Waals surface area contributed by atoms with Crippen LogP contribution >= 0.6 is 15.9 Å². The van der Waals surface area contributed by atoms with Crippen LogP contribution in [0.5, 0.6) is 0 Å². The van der Waals surface area contributed by atoms with Gasteiger partial charge in [0.2, 0.25) is 0 Å². The molecule has 0 unspecified atom stereocenters. The Morgan fingerprint density at radius 2 is 2.06 bits per heavy atom. The number of hydrogen-bond acceptors (Lipinski definition) is 3. The zero-order valence-corrected chi connectivity index (χ0v) is 10.8. The van der Waals surface area contributed by atoms with Crippen molar-refractivity contribution in [2.75, 3.05) is 5.32 Å². The first-order chi connectivity index (χ1) is 8.70. The maximum atomic E-state index is 11.9. The second-order valence-electron chi connectivity index (χ2n) is 3.48. The van der Waals surface area contributed by atoms with Crippen LogP contribution in [-0.2, 0) is 0 Å². The summed E-state index contributed by atoms with van der Waals surface area (Å²) >= 11 is 3.31. The zero-order valence-electron chi connectivity index (χ0n) is 9.22. The summed E-state index contributed by atoms with van der Waals surface area (Å²) in [5.41, 5.74) is 0.984. The van der Waals surface area contributed by atoms with Crippen LogP contribution in [0.4, 0.5) is 5.82 Å². The molecule has 0 aliphatic carbocycles. The Morgan fingerprint density at radius 3 is 2.67 bits per heavy atom. The fourth-order valence-electron chi connectivity index (χ4n) is 1.36. The highest BCUT2D eigenvalue weighted by atomic mass is 79.9. The summed E-state index contributed by atoms with van der Waals surface area (Å²) in [6.45, 7) is 0. The number of amides is 1. The van der Waals surface area contributed by atoms with Gasteiger partial charge in [0.05, 0.1) is 11.1 Å². The van der Waals surface area contributed by atoms with Gasteiger partial charge >= 0.3 is 0 Å². The third-order valence-corrected chi connectivity index (χ3v) is 2.94. The fourth-order valence-corrected chi connectivity index (χ4v) is 1.83. The van der Waals surface area contributed by atoms with Gasteiger partial charge in [-0.2, -0.15) is 5.26 Å². The molecule has 0 aliphatic heterocycles. The summed E-state index contributed by atoms with van der Waals surface area (Å²) in [6, 6.07) is 12.3. The van der Waals surface area contributed by atoms with Gasteiger partial charge in [-0.15, -0.1) is 0 Å². The van der Waals surface area contributed by atoms with E-state index < -0.39 is 0 Å².